The van der Waals surface area contributed by atoms with Gasteiger partial charge in [0.15, 0.2) is 26.7 Å². The number of halogens is 2. The minimum Gasteiger partial charge on any atom is -0.222 e. The van der Waals surface area contributed by atoms with Gasteiger partial charge in [0.2, 0.25) is 0 Å². The molecule has 102 valence electrons. The summed E-state index contributed by atoms with van der Waals surface area (Å²) in [4.78, 5) is -0.329. The largest absolute Gasteiger partial charge is 0.222 e. The first-order valence-electron chi connectivity index (χ1n) is 6.05. The van der Waals surface area contributed by atoms with Gasteiger partial charge >= 0.3 is 0 Å². The second-order valence-corrected chi connectivity index (χ2v) is 6.78. The van der Waals surface area contributed by atoms with E-state index in [1.54, 1.807) is 0 Å². The van der Waals surface area contributed by atoms with Gasteiger partial charge in [-0.2, -0.15) is 5.26 Å². The van der Waals surface area contributed by atoms with E-state index in [4.69, 9.17) is 5.26 Å². The Morgan fingerprint density at radius 1 is 1.21 bits per heavy atom. The van der Waals surface area contributed by atoms with Crippen molar-refractivity contribution in [1.29, 1.82) is 5.26 Å². The summed E-state index contributed by atoms with van der Waals surface area (Å²) >= 11 is 0. The SMILES string of the molecule is N#CC(C1CCCC1)S(=O)(=O)c1ccc(F)c(F)c1. The molecular weight excluding hydrogens is 272 g/mol. The van der Waals surface area contributed by atoms with Crippen molar-refractivity contribution in [2.45, 2.75) is 35.8 Å². The first kappa shape index (κ1) is 13.9. The summed E-state index contributed by atoms with van der Waals surface area (Å²) in [5, 5.41) is 7.93. The Hall–Kier alpha value is -1.48. The van der Waals surface area contributed by atoms with Crippen molar-refractivity contribution >= 4 is 9.84 Å². The van der Waals surface area contributed by atoms with E-state index in [2.05, 4.69) is 0 Å². The molecular formula is C13H13F2NO2S. The summed E-state index contributed by atoms with van der Waals surface area (Å²) < 4.78 is 50.6. The molecule has 1 aromatic rings. The molecule has 1 atom stereocenters. The van der Waals surface area contributed by atoms with Crippen LogP contribution in [-0.2, 0) is 9.84 Å². The van der Waals surface area contributed by atoms with Crippen molar-refractivity contribution in [2.24, 2.45) is 5.92 Å². The molecule has 0 radical (unpaired) electrons. The van der Waals surface area contributed by atoms with Gasteiger partial charge in [0, 0.05) is 0 Å². The van der Waals surface area contributed by atoms with Gasteiger partial charge in [0.25, 0.3) is 0 Å². The van der Waals surface area contributed by atoms with Gasteiger partial charge in [0.1, 0.15) is 0 Å². The Bertz CT molecular complexity index is 616. The number of nitriles is 1. The van der Waals surface area contributed by atoms with Crippen LogP contribution in [0.15, 0.2) is 23.1 Å². The predicted octanol–water partition coefficient (Wildman–Crippen LogP) is 2.82. The maximum atomic E-state index is 13.1. The van der Waals surface area contributed by atoms with E-state index in [0.29, 0.717) is 18.9 Å². The lowest BCUT2D eigenvalue weighted by Gasteiger charge is -2.16. The van der Waals surface area contributed by atoms with E-state index in [1.807, 2.05) is 6.07 Å². The topological polar surface area (TPSA) is 57.9 Å². The molecule has 0 aliphatic heterocycles. The number of nitrogens with zero attached hydrogens (tertiary/aromatic N) is 1. The summed E-state index contributed by atoms with van der Waals surface area (Å²) in [6.07, 6.45) is 3.16. The third-order valence-corrected chi connectivity index (χ3v) is 5.58. The van der Waals surface area contributed by atoms with Crippen LogP contribution >= 0.6 is 0 Å². The molecule has 6 heteroatoms. The van der Waals surface area contributed by atoms with Crippen LogP contribution in [0.1, 0.15) is 25.7 Å². The highest BCUT2D eigenvalue weighted by Gasteiger charge is 2.36. The Balaban J connectivity index is 2.40. The number of sulfone groups is 1. The fourth-order valence-corrected chi connectivity index (χ4v) is 4.23. The zero-order chi connectivity index (χ0) is 14.0. The number of rotatable bonds is 3. The average molecular weight is 285 g/mol. The zero-order valence-corrected chi connectivity index (χ0v) is 11.0. The minimum absolute atomic E-state index is 0.219. The molecule has 0 bridgehead atoms. The quantitative estimate of drug-likeness (QED) is 0.802. The molecule has 19 heavy (non-hydrogen) atoms. The molecule has 0 spiro atoms. The maximum Gasteiger partial charge on any atom is 0.194 e. The van der Waals surface area contributed by atoms with Crippen molar-refractivity contribution in [3.63, 3.8) is 0 Å². The molecule has 1 aliphatic rings. The molecule has 0 aromatic heterocycles. The summed E-state index contributed by atoms with van der Waals surface area (Å²) in [5.74, 6) is -2.54. The smallest absolute Gasteiger partial charge is 0.194 e. The van der Waals surface area contributed by atoms with E-state index in [1.165, 1.54) is 0 Å². The molecule has 1 aliphatic carbocycles. The highest BCUT2D eigenvalue weighted by Crippen LogP contribution is 2.33. The van der Waals surface area contributed by atoms with E-state index >= 15 is 0 Å². The van der Waals surface area contributed by atoms with Gasteiger partial charge in [-0.25, -0.2) is 17.2 Å². The summed E-state index contributed by atoms with van der Waals surface area (Å²) in [7, 11) is -3.94. The van der Waals surface area contributed by atoms with E-state index in [0.717, 1.165) is 25.0 Å². The van der Waals surface area contributed by atoms with Gasteiger partial charge in [-0.1, -0.05) is 12.8 Å². The van der Waals surface area contributed by atoms with Crippen LogP contribution in [-0.4, -0.2) is 13.7 Å². The Morgan fingerprint density at radius 2 is 1.84 bits per heavy atom. The van der Waals surface area contributed by atoms with Crippen LogP contribution in [0.25, 0.3) is 0 Å². The van der Waals surface area contributed by atoms with Crippen molar-refractivity contribution in [3.05, 3.63) is 29.8 Å². The van der Waals surface area contributed by atoms with Crippen LogP contribution in [0.5, 0.6) is 0 Å². The Kier molecular flexibility index (Phi) is 3.85. The molecule has 1 fully saturated rings. The molecule has 0 N–H and O–H groups in total. The molecule has 1 unspecified atom stereocenters. The fourth-order valence-electron chi connectivity index (χ4n) is 2.49. The van der Waals surface area contributed by atoms with Gasteiger partial charge < -0.3 is 0 Å². The maximum absolute atomic E-state index is 13.1. The third-order valence-electron chi connectivity index (χ3n) is 3.51. The molecule has 0 saturated heterocycles. The van der Waals surface area contributed by atoms with Gasteiger partial charge in [0.05, 0.1) is 11.0 Å². The van der Waals surface area contributed by atoms with Gasteiger partial charge in [-0.3, -0.25) is 0 Å². The van der Waals surface area contributed by atoms with Crippen LogP contribution in [0, 0.1) is 28.9 Å². The predicted molar refractivity (Wildman–Crippen MR) is 64.9 cm³/mol. The molecule has 1 aromatic carbocycles. The first-order valence-corrected chi connectivity index (χ1v) is 7.60. The lowest BCUT2D eigenvalue weighted by molar-refractivity contribution is 0.501. The monoisotopic (exact) mass is 285 g/mol. The fraction of sp³-hybridized carbons (Fsp3) is 0.462. The van der Waals surface area contributed by atoms with E-state index < -0.39 is 26.7 Å². The lowest BCUT2D eigenvalue weighted by atomic mass is 10.1. The second kappa shape index (κ2) is 5.25. The third kappa shape index (κ3) is 2.61. The summed E-state index contributed by atoms with van der Waals surface area (Å²) in [5.41, 5.74) is 0. The standard InChI is InChI=1S/C13H13F2NO2S/c14-11-6-5-10(7-12(11)15)19(17,18)13(8-16)9-3-1-2-4-9/h5-7,9,13H,1-4H2. The summed E-state index contributed by atoms with van der Waals surface area (Å²) in [6.45, 7) is 0. The van der Waals surface area contributed by atoms with Crippen molar-refractivity contribution in [1.82, 2.24) is 0 Å². The van der Waals surface area contributed by atoms with Crippen molar-refractivity contribution in [3.8, 4) is 6.07 Å². The van der Waals surface area contributed by atoms with Crippen molar-refractivity contribution in [2.75, 3.05) is 0 Å². The van der Waals surface area contributed by atoms with Crippen LogP contribution in [0.3, 0.4) is 0 Å². The normalized spacial score (nSPS) is 18.2. The number of benzene rings is 1. The highest BCUT2D eigenvalue weighted by molar-refractivity contribution is 7.92. The lowest BCUT2D eigenvalue weighted by Crippen LogP contribution is -2.27. The Labute approximate surface area is 110 Å². The van der Waals surface area contributed by atoms with Gasteiger partial charge in [-0.05, 0) is 37.0 Å². The first-order chi connectivity index (χ1) is 8.96. The number of hydrogen-bond acceptors (Lipinski definition) is 3. The molecule has 0 amide bonds. The van der Waals surface area contributed by atoms with Crippen LogP contribution in [0.2, 0.25) is 0 Å². The second-order valence-electron chi connectivity index (χ2n) is 4.72. The zero-order valence-electron chi connectivity index (χ0n) is 10.1. The molecule has 0 heterocycles. The summed E-state index contributed by atoms with van der Waals surface area (Å²) in [6, 6.07) is 4.23. The van der Waals surface area contributed by atoms with Gasteiger partial charge in [-0.15, -0.1) is 0 Å². The molecule has 1 saturated carbocycles. The molecule has 2 rings (SSSR count). The average Bonchev–Trinajstić information content (AvgIpc) is 2.86. The highest BCUT2D eigenvalue weighted by atomic mass is 32.2. The Morgan fingerprint density at radius 3 is 2.37 bits per heavy atom. The molecule has 3 nitrogen and oxygen atoms in total. The van der Waals surface area contributed by atoms with E-state index in [-0.39, 0.29) is 10.8 Å². The minimum atomic E-state index is -3.94. The van der Waals surface area contributed by atoms with Crippen LogP contribution in [0.4, 0.5) is 8.78 Å². The number of hydrogen-bond donors (Lipinski definition) is 0. The van der Waals surface area contributed by atoms with Crippen LogP contribution < -0.4 is 0 Å². The van der Waals surface area contributed by atoms with E-state index in [9.17, 15) is 17.2 Å². The van der Waals surface area contributed by atoms with Crippen molar-refractivity contribution < 1.29 is 17.2 Å².